The van der Waals surface area contributed by atoms with Crippen LogP contribution in [0.5, 0.6) is 0 Å². The van der Waals surface area contributed by atoms with Crippen LogP contribution in [0.15, 0.2) is 35.3 Å². The van der Waals surface area contributed by atoms with Gasteiger partial charge in [-0.15, -0.1) is 24.0 Å². The first-order valence-electron chi connectivity index (χ1n) is 12.3. The molecule has 1 fully saturated rings. The number of fused-ring (bicyclic) bond motifs is 1. The number of nitrogens with one attached hydrogen (secondary N) is 2. The zero-order valence-electron chi connectivity index (χ0n) is 20.2. The van der Waals surface area contributed by atoms with Gasteiger partial charge in [0, 0.05) is 26.1 Å². The van der Waals surface area contributed by atoms with Crippen LogP contribution in [0.2, 0.25) is 0 Å². The minimum Gasteiger partial charge on any atom is -0.356 e. The van der Waals surface area contributed by atoms with E-state index in [-0.39, 0.29) is 24.0 Å². The number of hydrogen-bond donors (Lipinski definition) is 2. The van der Waals surface area contributed by atoms with E-state index in [1.807, 2.05) is 18.7 Å². The van der Waals surface area contributed by atoms with Crippen molar-refractivity contribution in [1.82, 2.24) is 30.3 Å². The Morgan fingerprint density at radius 2 is 1.91 bits per heavy atom. The van der Waals surface area contributed by atoms with Gasteiger partial charge in [-0.2, -0.15) is 5.10 Å². The normalized spacial score (nSPS) is 19.6. The number of nitrogens with zero attached hydrogens (tertiary/aromatic N) is 5. The molecular weight excluding hydrogens is 525 g/mol. The van der Waals surface area contributed by atoms with E-state index in [2.05, 4.69) is 60.9 Å². The van der Waals surface area contributed by atoms with Gasteiger partial charge in [0.25, 0.3) is 0 Å². The summed E-state index contributed by atoms with van der Waals surface area (Å²) < 4.78 is 2.03. The largest absolute Gasteiger partial charge is 0.356 e. The number of guanidine groups is 1. The Morgan fingerprint density at radius 3 is 2.67 bits per heavy atom. The van der Waals surface area contributed by atoms with Gasteiger partial charge in [-0.1, -0.05) is 30.3 Å². The van der Waals surface area contributed by atoms with Gasteiger partial charge >= 0.3 is 0 Å². The molecule has 0 spiro atoms. The van der Waals surface area contributed by atoms with E-state index >= 15 is 0 Å². The van der Waals surface area contributed by atoms with E-state index in [0.717, 1.165) is 49.5 Å². The fourth-order valence-corrected chi connectivity index (χ4v) is 4.97. The molecule has 3 heterocycles. The summed E-state index contributed by atoms with van der Waals surface area (Å²) in [6, 6.07) is 11.3. The maximum atomic E-state index is 4.49. The fourth-order valence-electron chi connectivity index (χ4n) is 4.97. The van der Waals surface area contributed by atoms with Gasteiger partial charge in [0.2, 0.25) is 0 Å². The molecule has 1 unspecified atom stereocenters. The lowest BCUT2D eigenvalue weighted by Gasteiger charge is -2.32. The zero-order valence-corrected chi connectivity index (χ0v) is 22.5. The van der Waals surface area contributed by atoms with Crippen molar-refractivity contribution in [1.29, 1.82) is 0 Å². The monoisotopic (exact) mass is 565 g/mol. The smallest absolute Gasteiger partial charge is 0.191 e. The van der Waals surface area contributed by atoms with Crippen LogP contribution in [0.3, 0.4) is 0 Å². The molecule has 0 amide bonds. The predicted molar refractivity (Wildman–Crippen MR) is 145 cm³/mol. The first-order valence-corrected chi connectivity index (χ1v) is 12.3. The van der Waals surface area contributed by atoms with Crippen molar-refractivity contribution in [3.8, 4) is 0 Å². The van der Waals surface area contributed by atoms with Crippen LogP contribution in [0.25, 0.3) is 0 Å². The highest BCUT2D eigenvalue weighted by Crippen LogP contribution is 2.21. The minimum absolute atomic E-state index is 0. The Labute approximate surface area is 215 Å². The van der Waals surface area contributed by atoms with Gasteiger partial charge in [0.05, 0.1) is 6.54 Å². The van der Waals surface area contributed by atoms with E-state index in [1.165, 1.54) is 57.3 Å². The molecule has 0 radical (unpaired) electrons. The summed E-state index contributed by atoms with van der Waals surface area (Å²) >= 11 is 0. The second kappa shape index (κ2) is 13.3. The maximum absolute atomic E-state index is 4.49. The predicted octanol–water partition coefficient (Wildman–Crippen LogP) is 3.42. The summed E-state index contributed by atoms with van der Waals surface area (Å²) in [4.78, 5) is 11.5. The van der Waals surface area contributed by atoms with Gasteiger partial charge < -0.3 is 15.5 Å². The molecular formula is C25H40IN7. The number of halogens is 1. The highest BCUT2D eigenvalue weighted by Gasteiger charge is 2.22. The second-order valence-corrected chi connectivity index (χ2v) is 9.32. The first-order chi connectivity index (χ1) is 15.7. The molecule has 1 aromatic carbocycles. The highest BCUT2D eigenvalue weighted by molar-refractivity contribution is 14.0. The number of hydrogen-bond acceptors (Lipinski definition) is 4. The van der Waals surface area contributed by atoms with Crippen molar-refractivity contribution in [3.05, 3.63) is 47.5 Å². The highest BCUT2D eigenvalue weighted by atomic mass is 127. The number of likely N-dealkylation sites (tertiary alicyclic amines) is 1. The molecule has 2 aromatic rings. The van der Waals surface area contributed by atoms with E-state index in [9.17, 15) is 0 Å². The lowest BCUT2D eigenvalue weighted by molar-refractivity contribution is 0.181. The third-order valence-corrected chi connectivity index (χ3v) is 6.80. The van der Waals surface area contributed by atoms with E-state index in [0.29, 0.717) is 6.04 Å². The molecule has 2 aliphatic rings. The van der Waals surface area contributed by atoms with Gasteiger partial charge in [-0.25, -0.2) is 9.67 Å². The Morgan fingerprint density at radius 1 is 1.12 bits per heavy atom. The Hall–Kier alpha value is -1.68. The number of unbranched alkanes of at least 4 members (excludes halogenated alkanes) is 1. The average molecular weight is 566 g/mol. The summed E-state index contributed by atoms with van der Waals surface area (Å²) in [7, 11) is 1.85. The fraction of sp³-hybridized carbons (Fsp3) is 0.640. The number of rotatable bonds is 8. The van der Waals surface area contributed by atoms with Crippen LogP contribution in [-0.4, -0.2) is 64.9 Å². The summed E-state index contributed by atoms with van der Waals surface area (Å²) in [5, 5.41) is 11.5. The van der Waals surface area contributed by atoms with Gasteiger partial charge in [0.1, 0.15) is 11.6 Å². The average Bonchev–Trinajstić information content (AvgIpc) is 3.19. The maximum Gasteiger partial charge on any atom is 0.191 e. The second-order valence-electron chi connectivity index (χ2n) is 9.32. The standard InChI is InChI=1S/C25H39N7.HI/c1-20-28-24-11-10-23(19-32(24)30-20)29-25(26-2)27-14-6-7-15-31-16-12-22(13-17-31)18-21-8-4-3-5-9-21;/h3-5,8-9,22-23H,6-7,10-19H2,1-2H3,(H2,26,27,29);1H. The molecule has 4 rings (SSSR count). The van der Waals surface area contributed by atoms with E-state index in [4.69, 9.17) is 0 Å². The third-order valence-electron chi connectivity index (χ3n) is 6.80. The van der Waals surface area contributed by atoms with Crippen LogP contribution < -0.4 is 10.6 Å². The number of aliphatic imine (C=N–C) groups is 1. The summed E-state index contributed by atoms with van der Waals surface area (Å²) in [6.45, 7) is 7.49. The molecule has 33 heavy (non-hydrogen) atoms. The number of piperidine rings is 1. The van der Waals surface area contributed by atoms with Crippen molar-refractivity contribution in [2.75, 3.05) is 33.2 Å². The minimum atomic E-state index is 0. The van der Waals surface area contributed by atoms with E-state index < -0.39 is 0 Å². The molecule has 0 aliphatic carbocycles. The van der Waals surface area contributed by atoms with E-state index in [1.54, 1.807) is 0 Å². The molecule has 1 saturated heterocycles. The van der Waals surface area contributed by atoms with Gasteiger partial charge in [-0.3, -0.25) is 4.99 Å². The molecule has 2 N–H and O–H groups in total. The molecule has 0 saturated carbocycles. The van der Waals surface area contributed by atoms with Crippen LogP contribution in [0.1, 0.15) is 49.3 Å². The Bertz CT molecular complexity index is 859. The zero-order chi connectivity index (χ0) is 22.2. The van der Waals surface area contributed by atoms with Crippen LogP contribution in [0.4, 0.5) is 0 Å². The lowest BCUT2D eigenvalue weighted by atomic mass is 9.90. The topological polar surface area (TPSA) is 70.4 Å². The molecule has 2 aliphatic heterocycles. The number of aromatic nitrogens is 3. The molecule has 1 aromatic heterocycles. The van der Waals surface area contributed by atoms with Gasteiger partial charge in [-0.05, 0) is 76.6 Å². The molecule has 7 nitrogen and oxygen atoms in total. The number of benzene rings is 1. The molecule has 182 valence electrons. The van der Waals surface area contributed by atoms with Crippen LogP contribution in [-0.2, 0) is 19.4 Å². The summed E-state index contributed by atoms with van der Waals surface area (Å²) in [5.74, 6) is 3.72. The number of aryl methyl sites for hydroxylation is 2. The SMILES string of the molecule is CN=C(NCCCCN1CCC(Cc2ccccc2)CC1)NC1CCc2nc(C)nn2C1.I. The van der Waals surface area contributed by atoms with Crippen molar-refractivity contribution in [2.45, 2.75) is 64.5 Å². The third kappa shape index (κ3) is 7.95. The van der Waals surface area contributed by atoms with Crippen molar-refractivity contribution in [2.24, 2.45) is 10.9 Å². The first kappa shape index (κ1) is 25.9. The van der Waals surface area contributed by atoms with Crippen molar-refractivity contribution < 1.29 is 0 Å². The Kier molecular flexibility index (Phi) is 10.4. The van der Waals surface area contributed by atoms with Crippen molar-refractivity contribution in [3.63, 3.8) is 0 Å². The summed E-state index contributed by atoms with van der Waals surface area (Å²) in [6.07, 6.45) is 8.34. The van der Waals surface area contributed by atoms with Gasteiger partial charge in [0.15, 0.2) is 5.96 Å². The van der Waals surface area contributed by atoms with Crippen LogP contribution >= 0.6 is 24.0 Å². The van der Waals surface area contributed by atoms with Crippen molar-refractivity contribution >= 4 is 29.9 Å². The molecule has 0 bridgehead atoms. The molecule has 8 heteroatoms. The summed E-state index contributed by atoms with van der Waals surface area (Å²) in [5.41, 5.74) is 1.49. The lowest BCUT2D eigenvalue weighted by Crippen LogP contribution is -2.47. The Balaban J connectivity index is 0.00000306. The van der Waals surface area contributed by atoms with Crippen LogP contribution in [0, 0.1) is 12.8 Å². The molecule has 1 atom stereocenters. The quantitative estimate of drug-likeness (QED) is 0.222.